The summed E-state index contributed by atoms with van der Waals surface area (Å²) in [5.41, 5.74) is 2.40. The standard InChI is InChI=1S/C21H26N2O3.ClH/c1-3-22-15-17-7-5-6-8-19(17)23-21(25)14-13-20(24)16-9-11-18(12-10-16)26-4-2;/h5-12,22H,3-4,13-15H2,1-2H3,(H,23,25);1H. The quantitative estimate of drug-likeness (QED) is 0.596. The summed E-state index contributed by atoms with van der Waals surface area (Å²) < 4.78 is 5.36. The molecular formula is C21H27ClN2O3. The Morgan fingerprint density at radius 2 is 1.67 bits per heavy atom. The second kappa shape index (κ2) is 12.1. The third kappa shape index (κ3) is 7.41. The first-order valence-electron chi connectivity index (χ1n) is 8.98. The lowest BCUT2D eigenvalue weighted by Gasteiger charge is -2.11. The number of carbonyl (C=O) groups excluding carboxylic acids is 2. The predicted molar refractivity (Wildman–Crippen MR) is 111 cm³/mol. The van der Waals surface area contributed by atoms with Crippen LogP contribution >= 0.6 is 12.4 Å². The highest BCUT2D eigenvalue weighted by atomic mass is 35.5. The molecule has 2 aromatic carbocycles. The maximum atomic E-state index is 12.2. The Morgan fingerprint density at radius 3 is 2.33 bits per heavy atom. The van der Waals surface area contributed by atoms with E-state index in [2.05, 4.69) is 10.6 Å². The van der Waals surface area contributed by atoms with Crippen LogP contribution < -0.4 is 15.4 Å². The molecule has 0 saturated carbocycles. The number of rotatable bonds is 10. The minimum absolute atomic E-state index is 0. The number of Topliss-reactive ketones (excluding diaryl/α,β-unsaturated/α-hetero) is 1. The van der Waals surface area contributed by atoms with Gasteiger partial charge in [-0.1, -0.05) is 25.1 Å². The molecule has 0 radical (unpaired) electrons. The minimum atomic E-state index is -0.159. The molecule has 0 saturated heterocycles. The number of hydrogen-bond donors (Lipinski definition) is 2. The van der Waals surface area contributed by atoms with Crippen molar-refractivity contribution < 1.29 is 14.3 Å². The molecular weight excluding hydrogens is 364 g/mol. The highest BCUT2D eigenvalue weighted by Gasteiger charge is 2.11. The molecule has 1 amide bonds. The van der Waals surface area contributed by atoms with Crippen molar-refractivity contribution in [3.05, 3.63) is 59.7 Å². The molecule has 2 N–H and O–H groups in total. The summed E-state index contributed by atoms with van der Waals surface area (Å²) in [6.07, 6.45) is 0.330. The molecule has 27 heavy (non-hydrogen) atoms. The van der Waals surface area contributed by atoms with E-state index in [1.807, 2.05) is 38.1 Å². The van der Waals surface area contributed by atoms with Gasteiger partial charge < -0.3 is 15.4 Å². The van der Waals surface area contributed by atoms with Crippen LogP contribution in [-0.4, -0.2) is 24.8 Å². The number of anilines is 1. The number of amides is 1. The van der Waals surface area contributed by atoms with Crippen molar-refractivity contribution in [3.63, 3.8) is 0 Å². The maximum Gasteiger partial charge on any atom is 0.224 e. The van der Waals surface area contributed by atoms with Gasteiger partial charge in [-0.25, -0.2) is 0 Å². The molecule has 2 rings (SSSR count). The van der Waals surface area contributed by atoms with Gasteiger partial charge in [0.2, 0.25) is 5.91 Å². The zero-order chi connectivity index (χ0) is 18.8. The summed E-state index contributed by atoms with van der Waals surface area (Å²) in [6, 6.07) is 14.7. The van der Waals surface area contributed by atoms with Gasteiger partial charge in [0.15, 0.2) is 5.78 Å². The summed E-state index contributed by atoms with van der Waals surface area (Å²) in [7, 11) is 0. The van der Waals surface area contributed by atoms with Gasteiger partial charge in [0.25, 0.3) is 0 Å². The molecule has 0 aromatic heterocycles. The number of ether oxygens (including phenoxy) is 1. The van der Waals surface area contributed by atoms with Gasteiger partial charge in [0.05, 0.1) is 6.61 Å². The molecule has 146 valence electrons. The van der Waals surface area contributed by atoms with Crippen LogP contribution in [0.3, 0.4) is 0 Å². The molecule has 0 fully saturated rings. The van der Waals surface area contributed by atoms with Crippen LogP contribution in [-0.2, 0) is 11.3 Å². The number of halogens is 1. The third-order valence-corrected chi connectivity index (χ3v) is 3.92. The zero-order valence-corrected chi connectivity index (χ0v) is 16.6. The van der Waals surface area contributed by atoms with Gasteiger partial charge in [0, 0.05) is 30.6 Å². The summed E-state index contributed by atoms with van der Waals surface area (Å²) in [6.45, 7) is 6.08. The van der Waals surface area contributed by atoms with E-state index in [4.69, 9.17) is 4.74 Å². The first-order chi connectivity index (χ1) is 12.6. The van der Waals surface area contributed by atoms with Crippen LogP contribution in [0.25, 0.3) is 0 Å². The molecule has 0 heterocycles. The third-order valence-electron chi connectivity index (χ3n) is 3.92. The van der Waals surface area contributed by atoms with E-state index in [0.29, 0.717) is 18.7 Å². The van der Waals surface area contributed by atoms with Crippen molar-refractivity contribution in [1.82, 2.24) is 5.32 Å². The Hall–Kier alpha value is -2.37. The van der Waals surface area contributed by atoms with Gasteiger partial charge in [-0.3, -0.25) is 9.59 Å². The Kier molecular flexibility index (Phi) is 10.2. The number of para-hydroxylation sites is 1. The number of nitrogens with one attached hydrogen (secondary N) is 2. The van der Waals surface area contributed by atoms with Gasteiger partial charge in [-0.2, -0.15) is 0 Å². The smallest absolute Gasteiger partial charge is 0.224 e. The maximum absolute atomic E-state index is 12.2. The first kappa shape index (κ1) is 22.7. The summed E-state index contributed by atoms with van der Waals surface area (Å²) in [5.74, 6) is 0.524. The van der Waals surface area contributed by atoms with Gasteiger partial charge in [0.1, 0.15) is 5.75 Å². The SMILES string of the molecule is CCNCc1ccccc1NC(=O)CCC(=O)c1ccc(OCC)cc1.Cl. The number of ketones is 1. The van der Waals surface area contributed by atoms with Crippen molar-refractivity contribution in [2.24, 2.45) is 0 Å². The van der Waals surface area contributed by atoms with E-state index in [1.165, 1.54) is 0 Å². The van der Waals surface area contributed by atoms with Crippen LogP contribution in [0.1, 0.15) is 42.6 Å². The van der Waals surface area contributed by atoms with Gasteiger partial charge in [-0.05, 0) is 49.4 Å². The molecule has 2 aromatic rings. The number of benzene rings is 2. The topological polar surface area (TPSA) is 67.4 Å². The van der Waals surface area contributed by atoms with Gasteiger partial charge >= 0.3 is 0 Å². The highest BCUT2D eigenvalue weighted by molar-refractivity contribution is 6.00. The van der Waals surface area contributed by atoms with Crippen LogP contribution in [0.15, 0.2) is 48.5 Å². The molecule has 0 bridgehead atoms. The molecule has 0 aliphatic carbocycles. The average molecular weight is 391 g/mol. The Labute approximate surface area is 166 Å². The van der Waals surface area contributed by atoms with Crippen LogP contribution in [0.4, 0.5) is 5.69 Å². The van der Waals surface area contributed by atoms with E-state index >= 15 is 0 Å². The zero-order valence-electron chi connectivity index (χ0n) is 15.8. The van der Waals surface area contributed by atoms with Crippen LogP contribution in [0.2, 0.25) is 0 Å². The number of carbonyl (C=O) groups is 2. The minimum Gasteiger partial charge on any atom is -0.494 e. The van der Waals surface area contributed by atoms with E-state index in [1.54, 1.807) is 24.3 Å². The second-order valence-electron chi connectivity index (χ2n) is 5.87. The Morgan fingerprint density at radius 1 is 0.963 bits per heavy atom. The van der Waals surface area contributed by atoms with Crippen LogP contribution in [0.5, 0.6) is 5.75 Å². The lowest BCUT2D eigenvalue weighted by atomic mass is 10.1. The monoisotopic (exact) mass is 390 g/mol. The van der Waals surface area contributed by atoms with E-state index in [9.17, 15) is 9.59 Å². The average Bonchev–Trinajstić information content (AvgIpc) is 2.66. The first-order valence-corrected chi connectivity index (χ1v) is 8.98. The van der Waals surface area contributed by atoms with Crippen molar-refractivity contribution in [2.45, 2.75) is 33.2 Å². The van der Waals surface area contributed by atoms with E-state index in [0.717, 1.165) is 23.5 Å². The molecule has 0 unspecified atom stereocenters. The van der Waals surface area contributed by atoms with Crippen molar-refractivity contribution in [3.8, 4) is 5.75 Å². The molecule has 0 aliphatic heterocycles. The molecule has 0 atom stereocenters. The molecule has 5 nitrogen and oxygen atoms in total. The fourth-order valence-electron chi connectivity index (χ4n) is 2.54. The van der Waals surface area contributed by atoms with Crippen molar-refractivity contribution in [2.75, 3.05) is 18.5 Å². The normalized spacial score (nSPS) is 10.0. The Balaban J connectivity index is 0.00000364. The summed E-state index contributed by atoms with van der Waals surface area (Å²) in [4.78, 5) is 24.5. The summed E-state index contributed by atoms with van der Waals surface area (Å²) in [5, 5.41) is 6.15. The lowest BCUT2D eigenvalue weighted by molar-refractivity contribution is -0.116. The summed E-state index contributed by atoms with van der Waals surface area (Å²) >= 11 is 0. The van der Waals surface area contributed by atoms with E-state index < -0.39 is 0 Å². The van der Waals surface area contributed by atoms with Gasteiger partial charge in [-0.15, -0.1) is 12.4 Å². The van der Waals surface area contributed by atoms with Crippen LogP contribution in [0, 0.1) is 0 Å². The van der Waals surface area contributed by atoms with Crippen molar-refractivity contribution >= 4 is 29.8 Å². The highest BCUT2D eigenvalue weighted by Crippen LogP contribution is 2.17. The fourth-order valence-corrected chi connectivity index (χ4v) is 2.54. The molecule has 6 heteroatoms. The largest absolute Gasteiger partial charge is 0.494 e. The van der Waals surface area contributed by atoms with Crippen molar-refractivity contribution in [1.29, 1.82) is 0 Å². The Bertz CT molecular complexity index is 732. The lowest BCUT2D eigenvalue weighted by Crippen LogP contribution is -2.17. The predicted octanol–water partition coefficient (Wildman–Crippen LogP) is 4.22. The van der Waals surface area contributed by atoms with E-state index in [-0.39, 0.29) is 36.9 Å². The fraction of sp³-hybridized carbons (Fsp3) is 0.333. The molecule has 0 spiro atoms. The second-order valence-corrected chi connectivity index (χ2v) is 5.87. The molecule has 0 aliphatic rings. The number of hydrogen-bond acceptors (Lipinski definition) is 4.